The molecule has 0 radical (unpaired) electrons. The van der Waals surface area contributed by atoms with Crippen LogP contribution in [0.3, 0.4) is 0 Å². The van der Waals surface area contributed by atoms with Crippen molar-refractivity contribution in [2.75, 3.05) is 5.32 Å². The van der Waals surface area contributed by atoms with Crippen LogP contribution in [0.25, 0.3) is 0 Å². The minimum atomic E-state index is 0.00784. The van der Waals surface area contributed by atoms with Gasteiger partial charge < -0.3 is 5.32 Å². The summed E-state index contributed by atoms with van der Waals surface area (Å²) in [5.41, 5.74) is 3.69. The fourth-order valence-electron chi connectivity index (χ4n) is 3.74. The molecule has 0 fully saturated rings. The zero-order valence-electron chi connectivity index (χ0n) is 15.2. The Hall–Kier alpha value is -2.11. The Morgan fingerprint density at radius 2 is 2.19 bits per heavy atom. The first-order valence-corrected chi connectivity index (χ1v) is 10.5. The number of amides is 1. The number of rotatable bonds is 5. The molecule has 6 heteroatoms. The van der Waals surface area contributed by atoms with E-state index in [0.29, 0.717) is 12.8 Å². The second kappa shape index (κ2) is 7.87. The highest BCUT2D eigenvalue weighted by atomic mass is 35.5. The molecule has 1 unspecified atom stereocenters. The maximum Gasteiger partial charge on any atom is 0.225 e. The zero-order chi connectivity index (χ0) is 18.8. The second-order valence-electron chi connectivity index (χ2n) is 6.98. The van der Waals surface area contributed by atoms with E-state index in [2.05, 4.69) is 34.7 Å². The molecule has 2 heterocycles. The lowest BCUT2D eigenvalue weighted by Gasteiger charge is -2.27. The molecule has 0 saturated heterocycles. The standard InChI is InChI=1S/C21H22ClN3OS/c1-14-13-23-25(18-8-4-6-15-5-2-3-7-17(15)18)21(14)24-20(26)12-10-16-9-11-19(22)27-16/h2-3,5,7,9,11,13,18H,4,6,8,10,12H2,1H3,(H,24,26). The number of hydrogen-bond acceptors (Lipinski definition) is 3. The number of carbonyl (C=O) groups is 1. The number of hydrogen-bond donors (Lipinski definition) is 1. The highest BCUT2D eigenvalue weighted by Crippen LogP contribution is 2.35. The maximum atomic E-state index is 12.5. The van der Waals surface area contributed by atoms with Crippen molar-refractivity contribution in [2.45, 2.75) is 45.1 Å². The van der Waals surface area contributed by atoms with Crippen LogP contribution in [0.5, 0.6) is 0 Å². The summed E-state index contributed by atoms with van der Waals surface area (Å²) in [5, 5.41) is 7.70. The molecule has 0 bridgehead atoms. The third-order valence-electron chi connectivity index (χ3n) is 5.10. The van der Waals surface area contributed by atoms with Gasteiger partial charge in [-0.3, -0.25) is 4.79 Å². The van der Waals surface area contributed by atoms with Crippen LogP contribution in [-0.2, 0) is 17.6 Å². The summed E-state index contributed by atoms with van der Waals surface area (Å²) in [6.45, 7) is 1.99. The van der Waals surface area contributed by atoms with Gasteiger partial charge in [-0.25, -0.2) is 4.68 Å². The van der Waals surface area contributed by atoms with Gasteiger partial charge in [0.05, 0.1) is 16.6 Å². The van der Waals surface area contributed by atoms with E-state index < -0.39 is 0 Å². The third-order valence-corrected chi connectivity index (χ3v) is 6.39. The summed E-state index contributed by atoms with van der Waals surface area (Å²) in [7, 11) is 0. The van der Waals surface area contributed by atoms with E-state index in [4.69, 9.17) is 11.6 Å². The summed E-state index contributed by atoms with van der Waals surface area (Å²) < 4.78 is 2.75. The molecular weight excluding hydrogens is 378 g/mol. The Kier molecular flexibility index (Phi) is 5.32. The van der Waals surface area contributed by atoms with Gasteiger partial charge >= 0.3 is 0 Å². The van der Waals surface area contributed by atoms with Gasteiger partial charge in [-0.1, -0.05) is 35.9 Å². The molecule has 0 saturated carbocycles. The topological polar surface area (TPSA) is 46.9 Å². The van der Waals surface area contributed by atoms with Crippen molar-refractivity contribution in [3.8, 4) is 0 Å². The molecule has 140 valence electrons. The second-order valence-corrected chi connectivity index (χ2v) is 8.78. The molecule has 27 heavy (non-hydrogen) atoms. The van der Waals surface area contributed by atoms with Crippen LogP contribution in [0.4, 0.5) is 5.82 Å². The van der Waals surface area contributed by atoms with Crippen molar-refractivity contribution in [3.05, 3.63) is 68.5 Å². The van der Waals surface area contributed by atoms with Crippen LogP contribution in [0.2, 0.25) is 4.34 Å². The molecule has 1 N–H and O–H groups in total. The smallest absolute Gasteiger partial charge is 0.225 e. The molecule has 0 spiro atoms. The maximum absolute atomic E-state index is 12.5. The fourth-order valence-corrected chi connectivity index (χ4v) is 4.83. The largest absolute Gasteiger partial charge is 0.311 e. The molecule has 1 aliphatic carbocycles. The lowest BCUT2D eigenvalue weighted by molar-refractivity contribution is -0.116. The van der Waals surface area contributed by atoms with Crippen molar-refractivity contribution in [1.82, 2.24) is 9.78 Å². The van der Waals surface area contributed by atoms with Crippen LogP contribution >= 0.6 is 22.9 Å². The molecule has 1 amide bonds. The summed E-state index contributed by atoms with van der Waals surface area (Å²) in [6, 6.07) is 12.6. The lowest BCUT2D eigenvalue weighted by atomic mass is 9.88. The van der Waals surface area contributed by atoms with E-state index in [9.17, 15) is 4.79 Å². The number of thiophene rings is 1. The zero-order valence-corrected chi connectivity index (χ0v) is 16.8. The number of halogens is 1. The molecule has 1 aromatic carbocycles. The van der Waals surface area contributed by atoms with Crippen molar-refractivity contribution in [3.63, 3.8) is 0 Å². The van der Waals surface area contributed by atoms with E-state index in [1.807, 2.05) is 29.9 Å². The predicted octanol–water partition coefficient (Wildman–Crippen LogP) is 5.40. The first-order chi connectivity index (χ1) is 13.1. The fraction of sp³-hybridized carbons (Fsp3) is 0.333. The Labute approximate surface area is 168 Å². The monoisotopic (exact) mass is 399 g/mol. The van der Waals surface area contributed by atoms with Crippen LogP contribution < -0.4 is 5.32 Å². The van der Waals surface area contributed by atoms with Crippen LogP contribution in [-0.4, -0.2) is 15.7 Å². The molecule has 1 aliphatic rings. The average Bonchev–Trinajstić information content (AvgIpc) is 3.25. The molecule has 1 atom stereocenters. The predicted molar refractivity (Wildman–Crippen MR) is 111 cm³/mol. The highest BCUT2D eigenvalue weighted by molar-refractivity contribution is 7.16. The van der Waals surface area contributed by atoms with Gasteiger partial charge in [0.1, 0.15) is 5.82 Å². The van der Waals surface area contributed by atoms with Gasteiger partial charge in [0.15, 0.2) is 0 Å². The number of fused-ring (bicyclic) bond motifs is 1. The van der Waals surface area contributed by atoms with E-state index in [-0.39, 0.29) is 11.9 Å². The Morgan fingerprint density at radius 1 is 1.33 bits per heavy atom. The number of nitrogens with zero attached hydrogens (tertiary/aromatic N) is 2. The Balaban J connectivity index is 1.51. The van der Waals surface area contributed by atoms with Crippen molar-refractivity contribution < 1.29 is 4.79 Å². The summed E-state index contributed by atoms with van der Waals surface area (Å²) >= 11 is 7.49. The summed E-state index contributed by atoms with van der Waals surface area (Å²) in [4.78, 5) is 13.7. The molecule has 4 rings (SSSR count). The quantitative estimate of drug-likeness (QED) is 0.624. The number of benzene rings is 1. The molecule has 4 nitrogen and oxygen atoms in total. The number of nitrogens with one attached hydrogen (secondary N) is 1. The van der Waals surface area contributed by atoms with Crippen LogP contribution in [0, 0.1) is 6.92 Å². The Bertz CT molecular complexity index is 962. The Morgan fingerprint density at radius 3 is 3.00 bits per heavy atom. The van der Waals surface area contributed by atoms with E-state index in [1.54, 1.807) is 0 Å². The van der Waals surface area contributed by atoms with E-state index >= 15 is 0 Å². The number of aromatic nitrogens is 2. The van der Waals surface area contributed by atoms with Gasteiger partial charge in [0.25, 0.3) is 0 Å². The van der Waals surface area contributed by atoms with Crippen LogP contribution in [0.15, 0.2) is 42.6 Å². The van der Waals surface area contributed by atoms with E-state index in [0.717, 1.165) is 39.9 Å². The number of aryl methyl sites for hydroxylation is 3. The average molecular weight is 400 g/mol. The van der Waals surface area contributed by atoms with Crippen molar-refractivity contribution in [1.29, 1.82) is 0 Å². The van der Waals surface area contributed by atoms with Gasteiger partial charge in [-0.15, -0.1) is 11.3 Å². The normalized spacial score (nSPS) is 16.1. The van der Waals surface area contributed by atoms with Gasteiger partial charge in [-0.05, 0) is 55.9 Å². The number of anilines is 1. The van der Waals surface area contributed by atoms with Gasteiger partial charge in [0, 0.05) is 16.9 Å². The summed E-state index contributed by atoms with van der Waals surface area (Å²) in [6.07, 6.45) is 6.25. The lowest BCUT2D eigenvalue weighted by Crippen LogP contribution is -2.22. The molecule has 3 aromatic rings. The minimum Gasteiger partial charge on any atom is -0.311 e. The van der Waals surface area contributed by atoms with E-state index in [1.165, 1.54) is 22.5 Å². The van der Waals surface area contributed by atoms with Crippen molar-refractivity contribution in [2.24, 2.45) is 0 Å². The highest BCUT2D eigenvalue weighted by Gasteiger charge is 2.25. The minimum absolute atomic E-state index is 0.00784. The van der Waals surface area contributed by atoms with Gasteiger partial charge in [-0.2, -0.15) is 5.10 Å². The van der Waals surface area contributed by atoms with Crippen LogP contribution in [0.1, 0.15) is 46.9 Å². The SMILES string of the molecule is Cc1cnn(C2CCCc3ccccc32)c1NC(=O)CCc1ccc(Cl)s1. The first-order valence-electron chi connectivity index (χ1n) is 9.28. The third kappa shape index (κ3) is 3.94. The molecule has 0 aliphatic heterocycles. The number of carbonyl (C=O) groups excluding carboxylic acids is 1. The first kappa shape index (κ1) is 18.3. The summed E-state index contributed by atoms with van der Waals surface area (Å²) in [5.74, 6) is 0.819. The van der Waals surface area contributed by atoms with Gasteiger partial charge in [0.2, 0.25) is 5.91 Å². The molecular formula is C21H22ClN3OS. The van der Waals surface area contributed by atoms with Crippen molar-refractivity contribution >= 4 is 34.7 Å². The molecule has 2 aromatic heterocycles.